The van der Waals surface area contributed by atoms with Crippen LogP contribution < -0.4 is 10.6 Å². The number of rotatable bonds is 6. The first-order valence-corrected chi connectivity index (χ1v) is 11.0. The third kappa shape index (κ3) is 7.45. The summed E-state index contributed by atoms with van der Waals surface area (Å²) in [5.74, 6) is 0.265. The second-order valence-corrected chi connectivity index (χ2v) is 8.88. The lowest BCUT2D eigenvalue weighted by molar-refractivity contribution is -0.142. The summed E-state index contributed by atoms with van der Waals surface area (Å²) in [4.78, 5) is 37.9. The number of halogens is 1. The molecule has 0 aromatic heterocycles. The third-order valence-electron chi connectivity index (χ3n) is 6.80. The number of carboxylic acid groups (broad SMARTS) is 1. The van der Waals surface area contributed by atoms with Crippen LogP contribution in [0.15, 0.2) is 0 Å². The summed E-state index contributed by atoms with van der Waals surface area (Å²) in [6.07, 6.45) is 8.00. The maximum atomic E-state index is 12.5. The van der Waals surface area contributed by atoms with Gasteiger partial charge in [-0.25, -0.2) is 0 Å². The van der Waals surface area contributed by atoms with Gasteiger partial charge < -0.3 is 20.6 Å². The lowest BCUT2D eigenvalue weighted by Crippen LogP contribution is -2.42. The largest absolute Gasteiger partial charge is 0.481 e. The Morgan fingerprint density at radius 3 is 2.03 bits per heavy atom. The summed E-state index contributed by atoms with van der Waals surface area (Å²) >= 11 is 0. The molecule has 0 spiro atoms. The maximum absolute atomic E-state index is 12.5. The Morgan fingerprint density at radius 1 is 0.862 bits per heavy atom. The molecule has 3 rings (SSSR count). The molecule has 3 aliphatic rings. The maximum Gasteiger partial charge on any atom is 0.306 e. The Bertz CT molecular complexity index is 552. The molecule has 1 aliphatic carbocycles. The zero-order chi connectivity index (χ0) is 19.9. The summed E-state index contributed by atoms with van der Waals surface area (Å²) in [6, 6.07) is 0.120. The highest BCUT2D eigenvalue weighted by Gasteiger charge is 2.29. The van der Waals surface area contributed by atoms with Crippen molar-refractivity contribution in [2.45, 2.75) is 70.3 Å². The molecule has 2 heterocycles. The number of hydrogen-bond acceptors (Lipinski definition) is 4. The Morgan fingerprint density at radius 2 is 1.45 bits per heavy atom. The molecule has 0 atom stereocenters. The molecule has 2 saturated heterocycles. The molecule has 0 aromatic carbocycles. The van der Waals surface area contributed by atoms with Crippen molar-refractivity contribution in [3.05, 3.63) is 0 Å². The predicted octanol–water partition coefficient (Wildman–Crippen LogP) is 2.19. The smallest absolute Gasteiger partial charge is 0.306 e. The molecule has 1 saturated carbocycles. The number of carbonyl (C=O) groups is 3. The number of aliphatic carboxylic acids is 1. The van der Waals surface area contributed by atoms with E-state index in [1.54, 1.807) is 0 Å². The summed E-state index contributed by atoms with van der Waals surface area (Å²) in [5, 5.41) is 15.5. The van der Waals surface area contributed by atoms with Gasteiger partial charge in [-0.1, -0.05) is 0 Å². The number of nitrogens with one attached hydrogen (secondary N) is 2. The average Bonchev–Trinajstić information content (AvgIpc) is 2.69. The number of amides is 2. The van der Waals surface area contributed by atoms with Gasteiger partial charge in [0.25, 0.3) is 0 Å². The minimum atomic E-state index is -0.716. The summed E-state index contributed by atoms with van der Waals surface area (Å²) in [7, 11) is 0. The molecule has 8 heteroatoms. The zero-order valence-electron chi connectivity index (χ0n) is 17.2. The van der Waals surface area contributed by atoms with Crippen LogP contribution in [0.4, 0.5) is 0 Å². The van der Waals surface area contributed by atoms with Gasteiger partial charge in [-0.3, -0.25) is 14.4 Å². The predicted molar refractivity (Wildman–Crippen MR) is 113 cm³/mol. The van der Waals surface area contributed by atoms with E-state index < -0.39 is 5.97 Å². The quantitative estimate of drug-likeness (QED) is 0.601. The van der Waals surface area contributed by atoms with Gasteiger partial charge in [0.1, 0.15) is 0 Å². The molecule has 7 nitrogen and oxygen atoms in total. The molecular weight excluding hydrogens is 394 g/mol. The van der Waals surface area contributed by atoms with E-state index >= 15 is 0 Å². The highest BCUT2D eigenvalue weighted by molar-refractivity contribution is 5.85. The highest BCUT2D eigenvalue weighted by Crippen LogP contribution is 2.26. The van der Waals surface area contributed by atoms with Crippen molar-refractivity contribution in [1.82, 2.24) is 15.5 Å². The highest BCUT2D eigenvalue weighted by atomic mass is 35.5. The lowest BCUT2D eigenvalue weighted by atomic mass is 9.86. The molecular formula is C21H36ClN3O4. The van der Waals surface area contributed by atoms with Crippen molar-refractivity contribution < 1.29 is 19.5 Å². The van der Waals surface area contributed by atoms with E-state index in [0.29, 0.717) is 37.5 Å². The summed E-state index contributed by atoms with van der Waals surface area (Å²) < 4.78 is 0. The fourth-order valence-electron chi connectivity index (χ4n) is 4.88. The second kappa shape index (κ2) is 11.7. The van der Waals surface area contributed by atoms with Crippen molar-refractivity contribution in [3.63, 3.8) is 0 Å². The second-order valence-electron chi connectivity index (χ2n) is 8.88. The molecule has 3 fully saturated rings. The number of carbonyl (C=O) groups excluding carboxylic acids is 2. The van der Waals surface area contributed by atoms with Crippen LogP contribution in [-0.4, -0.2) is 60.0 Å². The Labute approximate surface area is 179 Å². The van der Waals surface area contributed by atoms with Crippen molar-refractivity contribution in [2.24, 2.45) is 17.8 Å². The monoisotopic (exact) mass is 429 g/mol. The van der Waals surface area contributed by atoms with E-state index in [1.165, 1.54) is 0 Å². The Balaban J connectivity index is 0.00000300. The van der Waals surface area contributed by atoms with Gasteiger partial charge in [0.2, 0.25) is 11.8 Å². The van der Waals surface area contributed by atoms with Crippen LogP contribution in [0.3, 0.4) is 0 Å². The molecule has 0 radical (unpaired) electrons. The minimum Gasteiger partial charge on any atom is -0.481 e. The van der Waals surface area contributed by atoms with Crippen LogP contribution in [0.1, 0.15) is 64.2 Å². The van der Waals surface area contributed by atoms with Crippen LogP contribution in [0.5, 0.6) is 0 Å². The van der Waals surface area contributed by atoms with E-state index in [9.17, 15) is 14.4 Å². The SMILES string of the molecule is Cl.O=C(CC1CCN(C(=O)CC2CCNCC2)CC1)NC1CCC(C(=O)O)CC1. The fourth-order valence-corrected chi connectivity index (χ4v) is 4.88. The number of carboxylic acids is 1. The van der Waals surface area contributed by atoms with Gasteiger partial charge in [-0.05, 0) is 76.3 Å². The molecule has 0 aromatic rings. The van der Waals surface area contributed by atoms with Gasteiger partial charge >= 0.3 is 5.97 Å². The first-order chi connectivity index (χ1) is 13.5. The van der Waals surface area contributed by atoms with Gasteiger partial charge in [0.15, 0.2) is 0 Å². The van der Waals surface area contributed by atoms with Gasteiger partial charge in [0.05, 0.1) is 5.92 Å². The van der Waals surface area contributed by atoms with Crippen molar-refractivity contribution >= 4 is 30.2 Å². The van der Waals surface area contributed by atoms with Gasteiger partial charge in [0, 0.05) is 32.0 Å². The molecule has 2 aliphatic heterocycles. The van der Waals surface area contributed by atoms with E-state index in [2.05, 4.69) is 10.6 Å². The van der Waals surface area contributed by atoms with Crippen LogP contribution in [-0.2, 0) is 14.4 Å². The Hall–Kier alpha value is -1.34. The van der Waals surface area contributed by atoms with Crippen molar-refractivity contribution in [2.75, 3.05) is 26.2 Å². The Kier molecular flexibility index (Phi) is 9.69. The lowest BCUT2D eigenvalue weighted by Gasteiger charge is -2.34. The zero-order valence-corrected chi connectivity index (χ0v) is 18.1. The molecule has 166 valence electrons. The molecule has 0 bridgehead atoms. The standard InChI is InChI=1S/C21H35N3O4.ClH/c25-19(23-18-3-1-17(2-4-18)21(27)28)13-16-7-11-24(12-8-16)20(26)14-15-5-9-22-10-6-15;/h15-18,22H,1-14H2,(H,23,25)(H,27,28);1H. The van der Waals surface area contributed by atoms with Crippen LogP contribution in [0.25, 0.3) is 0 Å². The molecule has 2 amide bonds. The number of hydrogen-bond donors (Lipinski definition) is 3. The number of piperidine rings is 2. The van der Waals surface area contributed by atoms with Crippen LogP contribution >= 0.6 is 12.4 Å². The average molecular weight is 430 g/mol. The van der Waals surface area contributed by atoms with E-state index in [-0.39, 0.29) is 36.2 Å². The number of nitrogens with zero attached hydrogens (tertiary/aromatic N) is 1. The molecule has 3 N–H and O–H groups in total. The normalized spacial score (nSPS) is 26.4. The van der Waals surface area contributed by atoms with E-state index in [4.69, 9.17) is 5.11 Å². The van der Waals surface area contributed by atoms with Crippen LogP contribution in [0, 0.1) is 17.8 Å². The first-order valence-electron chi connectivity index (χ1n) is 11.0. The molecule has 29 heavy (non-hydrogen) atoms. The van der Waals surface area contributed by atoms with Gasteiger partial charge in [-0.15, -0.1) is 12.4 Å². The van der Waals surface area contributed by atoms with Gasteiger partial charge in [-0.2, -0.15) is 0 Å². The third-order valence-corrected chi connectivity index (χ3v) is 6.80. The van der Waals surface area contributed by atoms with Crippen molar-refractivity contribution in [3.8, 4) is 0 Å². The summed E-state index contributed by atoms with van der Waals surface area (Å²) in [5.41, 5.74) is 0. The van der Waals surface area contributed by atoms with E-state index in [1.807, 2.05) is 4.90 Å². The van der Waals surface area contributed by atoms with E-state index in [0.717, 1.165) is 64.7 Å². The molecule has 0 unspecified atom stereocenters. The number of likely N-dealkylation sites (tertiary alicyclic amines) is 1. The fraction of sp³-hybridized carbons (Fsp3) is 0.857. The van der Waals surface area contributed by atoms with Crippen LogP contribution in [0.2, 0.25) is 0 Å². The topological polar surface area (TPSA) is 98.7 Å². The summed E-state index contributed by atoms with van der Waals surface area (Å²) in [6.45, 7) is 3.58. The minimum absolute atomic E-state index is 0. The van der Waals surface area contributed by atoms with Crippen molar-refractivity contribution in [1.29, 1.82) is 0 Å². The first kappa shape index (κ1) is 23.9.